The van der Waals surface area contributed by atoms with E-state index in [1.54, 1.807) is 12.1 Å². The summed E-state index contributed by atoms with van der Waals surface area (Å²) in [5.74, 6) is 0.480. The lowest BCUT2D eigenvalue weighted by Crippen LogP contribution is -2.10. The maximum atomic E-state index is 11.9. The van der Waals surface area contributed by atoms with Crippen LogP contribution in [0.15, 0.2) is 41.0 Å². The van der Waals surface area contributed by atoms with E-state index in [0.717, 1.165) is 10.2 Å². The Kier molecular flexibility index (Phi) is 3.28. The van der Waals surface area contributed by atoms with Crippen molar-refractivity contribution < 1.29 is 9.21 Å². The summed E-state index contributed by atoms with van der Waals surface area (Å²) in [4.78, 5) is 16.3. The highest BCUT2D eigenvalue weighted by atomic mass is 32.1. The third kappa shape index (κ3) is 2.44. The molecule has 0 saturated carbocycles. The zero-order valence-corrected chi connectivity index (χ0v) is 12.0. The van der Waals surface area contributed by atoms with Gasteiger partial charge < -0.3 is 4.42 Å². The molecule has 4 nitrogen and oxygen atoms in total. The van der Waals surface area contributed by atoms with E-state index in [1.165, 1.54) is 23.2 Å². The smallest absolute Gasteiger partial charge is 0.293 e. The maximum Gasteiger partial charge on any atom is 0.293 e. The number of hydrogen-bond acceptors (Lipinski definition) is 4. The van der Waals surface area contributed by atoms with Crippen LogP contribution in [-0.4, -0.2) is 10.9 Å². The van der Waals surface area contributed by atoms with E-state index >= 15 is 0 Å². The lowest BCUT2D eigenvalue weighted by Gasteiger charge is -2.03. The van der Waals surface area contributed by atoms with Crippen molar-refractivity contribution in [2.75, 3.05) is 5.32 Å². The minimum Gasteiger partial charge on any atom is -0.459 e. The molecule has 1 aromatic carbocycles. The van der Waals surface area contributed by atoms with Crippen molar-refractivity contribution >= 4 is 32.6 Å². The molecule has 1 amide bonds. The molecule has 0 atom stereocenters. The van der Waals surface area contributed by atoms with Gasteiger partial charge in [-0.05, 0) is 35.7 Å². The van der Waals surface area contributed by atoms with Gasteiger partial charge in [-0.15, -0.1) is 0 Å². The van der Waals surface area contributed by atoms with Crippen LogP contribution in [0.4, 0.5) is 5.13 Å². The van der Waals surface area contributed by atoms with Crippen LogP contribution in [-0.2, 0) is 0 Å². The van der Waals surface area contributed by atoms with Gasteiger partial charge in [0, 0.05) is 0 Å². The standard InChI is InChI=1S/C15H14N2O2S/c1-9(2)10-5-6-11-13(8-10)20-15(16-11)17-14(18)12-4-3-7-19-12/h3-9H,1-2H3,(H,16,17,18). The van der Waals surface area contributed by atoms with Gasteiger partial charge in [-0.3, -0.25) is 10.1 Å². The summed E-state index contributed by atoms with van der Waals surface area (Å²) >= 11 is 1.47. The molecule has 0 spiro atoms. The van der Waals surface area contributed by atoms with Gasteiger partial charge in [-0.25, -0.2) is 4.98 Å². The molecule has 2 aromatic heterocycles. The molecule has 0 bridgehead atoms. The highest BCUT2D eigenvalue weighted by Gasteiger charge is 2.12. The second-order valence-electron chi connectivity index (χ2n) is 4.83. The number of fused-ring (bicyclic) bond motifs is 1. The van der Waals surface area contributed by atoms with E-state index in [2.05, 4.69) is 36.3 Å². The van der Waals surface area contributed by atoms with Crippen LogP contribution in [0.5, 0.6) is 0 Å². The summed E-state index contributed by atoms with van der Waals surface area (Å²) in [5.41, 5.74) is 2.17. The number of nitrogens with one attached hydrogen (secondary N) is 1. The fourth-order valence-corrected chi connectivity index (χ4v) is 2.83. The lowest BCUT2D eigenvalue weighted by molar-refractivity contribution is 0.0996. The minimum atomic E-state index is -0.280. The number of benzene rings is 1. The lowest BCUT2D eigenvalue weighted by atomic mass is 10.0. The Morgan fingerprint density at radius 2 is 2.20 bits per heavy atom. The van der Waals surface area contributed by atoms with Gasteiger partial charge in [-0.1, -0.05) is 31.3 Å². The Bertz CT molecular complexity index is 744. The van der Waals surface area contributed by atoms with Crippen LogP contribution in [0, 0.1) is 0 Å². The topological polar surface area (TPSA) is 55.1 Å². The Hall–Kier alpha value is -2.14. The van der Waals surface area contributed by atoms with E-state index < -0.39 is 0 Å². The van der Waals surface area contributed by atoms with E-state index in [0.29, 0.717) is 11.0 Å². The summed E-state index contributed by atoms with van der Waals surface area (Å²) < 4.78 is 6.13. The first-order valence-corrected chi connectivity index (χ1v) is 7.20. The third-order valence-electron chi connectivity index (χ3n) is 3.04. The molecule has 0 unspecified atom stereocenters. The molecule has 102 valence electrons. The van der Waals surface area contributed by atoms with Crippen molar-refractivity contribution in [2.45, 2.75) is 19.8 Å². The molecule has 0 saturated heterocycles. The molecule has 0 radical (unpaired) electrons. The first-order valence-electron chi connectivity index (χ1n) is 6.39. The van der Waals surface area contributed by atoms with Crippen LogP contribution in [0.2, 0.25) is 0 Å². The van der Waals surface area contributed by atoms with Crippen LogP contribution >= 0.6 is 11.3 Å². The van der Waals surface area contributed by atoms with Crippen molar-refractivity contribution in [3.8, 4) is 0 Å². The number of anilines is 1. The number of hydrogen-bond donors (Lipinski definition) is 1. The Labute approximate surface area is 120 Å². The minimum absolute atomic E-state index is 0.280. The van der Waals surface area contributed by atoms with Crippen LogP contribution in [0.3, 0.4) is 0 Å². The van der Waals surface area contributed by atoms with Crippen LogP contribution < -0.4 is 5.32 Å². The van der Waals surface area contributed by atoms with Gasteiger partial charge in [0.05, 0.1) is 16.5 Å². The molecule has 0 aliphatic rings. The van der Waals surface area contributed by atoms with Gasteiger partial charge in [-0.2, -0.15) is 0 Å². The van der Waals surface area contributed by atoms with Gasteiger partial charge in [0.1, 0.15) is 0 Å². The number of carbonyl (C=O) groups is 1. The summed E-state index contributed by atoms with van der Waals surface area (Å²) in [5, 5.41) is 3.34. The summed E-state index contributed by atoms with van der Waals surface area (Å²) in [6.07, 6.45) is 1.47. The number of aromatic nitrogens is 1. The molecule has 1 N–H and O–H groups in total. The number of nitrogens with zero attached hydrogens (tertiary/aromatic N) is 1. The number of furan rings is 1. The Morgan fingerprint density at radius 1 is 1.35 bits per heavy atom. The van der Waals surface area contributed by atoms with E-state index in [-0.39, 0.29) is 11.7 Å². The highest BCUT2D eigenvalue weighted by molar-refractivity contribution is 7.22. The number of rotatable bonds is 3. The zero-order valence-electron chi connectivity index (χ0n) is 11.2. The van der Waals surface area contributed by atoms with Crippen LogP contribution in [0.25, 0.3) is 10.2 Å². The molecule has 20 heavy (non-hydrogen) atoms. The van der Waals surface area contributed by atoms with Gasteiger partial charge in [0.2, 0.25) is 0 Å². The molecule has 0 aliphatic carbocycles. The van der Waals surface area contributed by atoms with E-state index in [1.807, 2.05) is 6.07 Å². The maximum absolute atomic E-state index is 11.9. The number of amides is 1. The quantitative estimate of drug-likeness (QED) is 0.782. The van der Waals surface area contributed by atoms with Crippen molar-refractivity contribution in [1.82, 2.24) is 4.98 Å². The fraction of sp³-hybridized carbons (Fsp3) is 0.200. The fourth-order valence-electron chi connectivity index (χ4n) is 1.92. The first-order chi connectivity index (χ1) is 9.63. The molecule has 0 fully saturated rings. The van der Waals surface area contributed by atoms with E-state index in [4.69, 9.17) is 4.42 Å². The van der Waals surface area contributed by atoms with Gasteiger partial charge in [0.25, 0.3) is 5.91 Å². The van der Waals surface area contributed by atoms with Gasteiger partial charge in [0.15, 0.2) is 10.9 Å². The third-order valence-corrected chi connectivity index (χ3v) is 3.98. The average molecular weight is 286 g/mol. The molecule has 5 heteroatoms. The average Bonchev–Trinajstić information content (AvgIpc) is 3.06. The predicted octanol–water partition coefficient (Wildman–Crippen LogP) is 4.27. The van der Waals surface area contributed by atoms with Gasteiger partial charge >= 0.3 is 0 Å². The highest BCUT2D eigenvalue weighted by Crippen LogP contribution is 2.29. The zero-order chi connectivity index (χ0) is 14.1. The molecule has 2 heterocycles. The van der Waals surface area contributed by atoms with Crippen molar-refractivity contribution in [2.24, 2.45) is 0 Å². The second-order valence-corrected chi connectivity index (χ2v) is 5.86. The van der Waals surface area contributed by atoms with Crippen molar-refractivity contribution in [3.05, 3.63) is 47.9 Å². The predicted molar refractivity (Wildman–Crippen MR) is 80.4 cm³/mol. The van der Waals surface area contributed by atoms with Crippen LogP contribution in [0.1, 0.15) is 35.9 Å². The molecular formula is C15H14N2O2S. The molecular weight excluding hydrogens is 272 g/mol. The SMILES string of the molecule is CC(C)c1ccc2nc(NC(=O)c3ccco3)sc2c1. The van der Waals surface area contributed by atoms with Crippen molar-refractivity contribution in [3.63, 3.8) is 0 Å². The summed E-state index contributed by atoms with van der Waals surface area (Å²) in [7, 11) is 0. The van der Waals surface area contributed by atoms with Crippen molar-refractivity contribution in [1.29, 1.82) is 0 Å². The second kappa shape index (κ2) is 5.09. The Balaban J connectivity index is 1.87. The summed E-state index contributed by atoms with van der Waals surface area (Å²) in [6, 6.07) is 9.50. The monoisotopic (exact) mass is 286 g/mol. The Morgan fingerprint density at radius 3 is 2.90 bits per heavy atom. The number of thiazole rings is 1. The molecule has 0 aliphatic heterocycles. The number of carbonyl (C=O) groups excluding carboxylic acids is 1. The normalized spacial score (nSPS) is 11.2. The largest absolute Gasteiger partial charge is 0.459 e. The molecule has 3 rings (SSSR count). The summed E-state index contributed by atoms with van der Waals surface area (Å²) in [6.45, 7) is 4.31. The molecule has 3 aromatic rings. The first kappa shape index (κ1) is 12.9. The van der Waals surface area contributed by atoms with E-state index in [9.17, 15) is 4.79 Å².